The summed E-state index contributed by atoms with van der Waals surface area (Å²) in [6.45, 7) is -0.281. The second-order valence-electron chi connectivity index (χ2n) is 5.15. The van der Waals surface area contributed by atoms with Gasteiger partial charge in [-0.2, -0.15) is 26.3 Å². The highest BCUT2D eigenvalue weighted by molar-refractivity contribution is 5.95. The number of carboxylic acid groups (broad SMARTS) is 1. The summed E-state index contributed by atoms with van der Waals surface area (Å²) >= 11 is 0. The SMILES string of the molecule is Cc1c(C(F)(F)F)cnc(N2CCO[C@@H](C(F)(F)F)C2)c1C(=O)O. The number of anilines is 1. The van der Waals surface area contributed by atoms with Crippen molar-refractivity contribution in [2.24, 2.45) is 0 Å². The molecule has 0 radical (unpaired) electrons. The Morgan fingerprint density at radius 2 is 1.96 bits per heavy atom. The van der Waals surface area contributed by atoms with Crippen molar-refractivity contribution < 1.29 is 41.0 Å². The minimum atomic E-state index is -4.82. The van der Waals surface area contributed by atoms with Crippen molar-refractivity contribution in [2.75, 3.05) is 24.6 Å². The highest BCUT2D eigenvalue weighted by Crippen LogP contribution is 2.36. The average Bonchev–Trinajstić information content (AvgIpc) is 2.44. The van der Waals surface area contributed by atoms with E-state index in [2.05, 4.69) is 9.72 Å². The van der Waals surface area contributed by atoms with E-state index in [9.17, 15) is 36.2 Å². The van der Waals surface area contributed by atoms with Crippen LogP contribution in [0.3, 0.4) is 0 Å². The van der Waals surface area contributed by atoms with Crippen molar-refractivity contribution in [3.05, 3.63) is 22.9 Å². The van der Waals surface area contributed by atoms with Gasteiger partial charge in [-0.15, -0.1) is 0 Å². The summed E-state index contributed by atoms with van der Waals surface area (Å²) in [6, 6.07) is 0. The molecule has 5 nitrogen and oxygen atoms in total. The minimum Gasteiger partial charge on any atom is -0.478 e. The predicted octanol–water partition coefficient (Wildman–Crippen LogP) is 2.87. The van der Waals surface area contributed by atoms with E-state index in [0.717, 1.165) is 11.8 Å². The van der Waals surface area contributed by atoms with Crippen molar-refractivity contribution in [3.63, 3.8) is 0 Å². The predicted molar refractivity (Wildman–Crippen MR) is 68.9 cm³/mol. The maximum atomic E-state index is 12.9. The summed E-state index contributed by atoms with van der Waals surface area (Å²) in [7, 11) is 0. The van der Waals surface area contributed by atoms with E-state index in [1.54, 1.807) is 0 Å². The molecule has 1 aromatic heterocycles. The van der Waals surface area contributed by atoms with Crippen molar-refractivity contribution in [1.82, 2.24) is 4.98 Å². The van der Waals surface area contributed by atoms with Gasteiger partial charge in [-0.3, -0.25) is 0 Å². The van der Waals surface area contributed by atoms with Gasteiger partial charge in [0, 0.05) is 12.7 Å². The fourth-order valence-corrected chi connectivity index (χ4v) is 2.41. The van der Waals surface area contributed by atoms with Gasteiger partial charge in [-0.05, 0) is 12.5 Å². The third-order valence-corrected chi connectivity index (χ3v) is 3.57. The lowest BCUT2D eigenvalue weighted by Gasteiger charge is -2.35. The van der Waals surface area contributed by atoms with Gasteiger partial charge in [-0.25, -0.2) is 9.78 Å². The Balaban J connectivity index is 2.47. The molecule has 11 heteroatoms. The number of carboxylic acids is 1. The summed E-state index contributed by atoms with van der Waals surface area (Å²) in [4.78, 5) is 15.8. The number of morpholine rings is 1. The molecule has 0 unspecified atom stereocenters. The van der Waals surface area contributed by atoms with Crippen LogP contribution < -0.4 is 4.90 Å². The van der Waals surface area contributed by atoms with Gasteiger partial charge < -0.3 is 14.7 Å². The van der Waals surface area contributed by atoms with E-state index in [-0.39, 0.29) is 13.2 Å². The first kappa shape index (κ1) is 18.3. The van der Waals surface area contributed by atoms with E-state index >= 15 is 0 Å². The van der Waals surface area contributed by atoms with Crippen LogP contribution in [0.25, 0.3) is 0 Å². The number of alkyl halides is 6. The molecule has 24 heavy (non-hydrogen) atoms. The van der Waals surface area contributed by atoms with Crippen molar-refractivity contribution in [3.8, 4) is 0 Å². The van der Waals surface area contributed by atoms with E-state index < -0.39 is 53.5 Å². The van der Waals surface area contributed by atoms with Gasteiger partial charge in [0.15, 0.2) is 6.10 Å². The normalized spacial score (nSPS) is 19.5. The number of aromatic nitrogens is 1. The number of aromatic carboxylic acids is 1. The summed E-state index contributed by atoms with van der Waals surface area (Å²) in [5, 5.41) is 9.21. The fraction of sp³-hybridized carbons (Fsp3) is 0.538. The van der Waals surface area contributed by atoms with Crippen molar-refractivity contribution in [2.45, 2.75) is 25.4 Å². The standard InChI is InChI=1S/C13H12F6N2O3/c1-6-7(12(14,15)16)4-20-10(9(6)11(22)23)21-2-3-24-8(5-21)13(17,18)19/h4,8H,2-3,5H2,1H3,(H,22,23)/t8-/m1/s1. The molecule has 0 amide bonds. The number of rotatable bonds is 2. The maximum absolute atomic E-state index is 12.9. The molecule has 2 rings (SSSR count). The summed E-state index contributed by atoms with van der Waals surface area (Å²) in [5.41, 5.74) is -2.62. The van der Waals surface area contributed by atoms with Crippen LogP contribution in [0.1, 0.15) is 21.5 Å². The smallest absolute Gasteiger partial charge is 0.418 e. The lowest BCUT2D eigenvalue weighted by Crippen LogP contribution is -2.50. The van der Waals surface area contributed by atoms with Crippen LogP contribution in [0.2, 0.25) is 0 Å². The monoisotopic (exact) mass is 358 g/mol. The zero-order valence-corrected chi connectivity index (χ0v) is 12.2. The lowest BCUT2D eigenvalue weighted by molar-refractivity contribution is -0.221. The number of nitrogens with zero attached hydrogens (tertiary/aromatic N) is 2. The van der Waals surface area contributed by atoms with Gasteiger partial charge in [-0.1, -0.05) is 0 Å². The molecule has 134 valence electrons. The van der Waals surface area contributed by atoms with Crippen LogP contribution in [0, 0.1) is 6.92 Å². The van der Waals surface area contributed by atoms with Gasteiger partial charge in [0.1, 0.15) is 11.4 Å². The largest absolute Gasteiger partial charge is 0.478 e. The number of pyridine rings is 1. The van der Waals surface area contributed by atoms with E-state index in [0.29, 0.717) is 6.20 Å². The van der Waals surface area contributed by atoms with Crippen LogP contribution in [0.5, 0.6) is 0 Å². The van der Waals surface area contributed by atoms with E-state index in [1.165, 1.54) is 0 Å². The van der Waals surface area contributed by atoms with Crippen molar-refractivity contribution >= 4 is 11.8 Å². The Morgan fingerprint density at radius 3 is 2.46 bits per heavy atom. The van der Waals surface area contributed by atoms with Gasteiger partial charge >= 0.3 is 18.3 Å². The third-order valence-electron chi connectivity index (χ3n) is 3.57. The fourth-order valence-electron chi connectivity index (χ4n) is 2.41. The maximum Gasteiger partial charge on any atom is 0.418 e. The Morgan fingerprint density at radius 1 is 1.33 bits per heavy atom. The molecular formula is C13H12F6N2O3. The van der Waals surface area contributed by atoms with Crippen molar-refractivity contribution in [1.29, 1.82) is 0 Å². The van der Waals surface area contributed by atoms with Crippen LogP contribution in [0.15, 0.2) is 6.20 Å². The van der Waals surface area contributed by atoms with E-state index in [1.807, 2.05) is 0 Å². The number of hydrogen-bond donors (Lipinski definition) is 1. The van der Waals surface area contributed by atoms with Crippen LogP contribution in [-0.2, 0) is 10.9 Å². The zero-order chi connectivity index (χ0) is 18.3. The molecular weight excluding hydrogens is 346 g/mol. The molecule has 0 saturated carbocycles. The number of carbonyl (C=O) groups is 1. The second-order valence-corrected chi connectivity index (χ2v) is 5.15. The first-order chi connectivity index (χ1) is 10.9. The highest BCUT2D eigenvalue weighted by atomic mass is 19.4. The number of ether oxygens (including phenoxy) is 1. The number of halogens is 6. The molecule has 1 fully saturated rings. The van der Waals surface area contributed by atoms with Gasteiger partial charge in [0.05, 0.1) is 18.7 Å². The Kier molecular flexibility index (Phi) is 4.66. The number of hydrogen-bond acceptors (Lipinski definition) is 4. The van der Waals surface area contributed by atoms with Crippen LogP contribution in [-0.4, -0.2) is 48.0 Å². The lowest BCUT2D eigenvalue weighted by atomic mass is 10.0. The Hall–Kier alpha value is -2.04. The Bertz CT molecular complexity index is 644. The molecule has 1 saturated heterocycles. The Labute approximate surface area is 131 Å². The summed E-state index contributed by atoms with van der Waals surface area (Å²) in [6.07, 6.45) is -11.2. The summed E-state index contributed by atoms with van der Waals surface area (Å²) in [5.74, 6) is -2.14. The molecule has 0 bridgehead atoms. The zero-order valence-electron chi connectivity index (χ0n) is 12.2. The topological polar surface area (TPSA) is 62.7 Å². The molecule has 0 aliphatic carbocycles. The first-order valence-electron chi connectivity index (χ1n) is 6.66. The molecule has 1 aliphatic heterocycles. The highest BCUT2D eigenvalue weighted by Gasteiger charge is 2.44. The van der Waals surface area contributed by atoms with Crippen LogP contribution >= 0.6 is 0 Å². The first-order valence-corrected chi connectivity index (χ1v) is 6.66. The van der Waals surface area contributed by atoms with Crippen LogP contribution in [0.4, 0.5) is 32.2 Å². The average molecular weight is 358 g/mol. The third kappa shape index (κ3) is 3.55. The molecule has 0 spiro atoms. The van der Waals surface area contributed by atoms with Gasteiger partial charge in [0.2, 0.25) is 0 Å². The molecule has 1 aliphatic rings. The minimum absolute atomic E-state index is 0.120. The van der Waals surface area contributed by atoms with Gasteiger partial charge in [0.25, 0.3) is 0 Å². The molecule has 1 aromatic rings. The molecule has 0 aromatic carbocycles. The summed E-state index contributed by atoms with van der Waals surface area (Å²) < 4.78 is 81.4. The molecule has 1 atom stereocenters. The quantitative estimate of drug-likeness (QED) is 0.824. The molecule has 1 N–H and O–H groups in total. The molecule has 2 heterocycles. The second kappa shape index (κ2) is 6.11. The van der Waals surface area contributed by atoms with E-state index in [4.69, 9.17) is 0 Å².